The molecule has 6 nitrogen and oxygen atoms in total. The SMILES string of the molecule is COc1ccc(-c2ccc(C#N)cc2)cc1CN[C@H]1CCN(C(=O)CN)C[C@H]1c1ccccc1.Cl.Cl. The molecule has 1 fully saturated rings. The van der Waals surface area contributed by atoms with Crippen LogP contribution < -0.4 is 15.8 Å². The molecule has 3 aromatic carbocycles. The van der Waals surface area contributed by atoms with E-state index in [1.165, 1.54) is 5.56 Å². The van der Waals surface area contributed by atoms with E-state index in [0.29, 0.717) is 25.2 Å². The number of hydrogen-bond acceptors (Lipinski definition) is 5. The summed E-state index contributed by atoms with van der Waals surface area (Å²) in [5.74, 6) is 1.01. The van der Waals surface area contributed by atoms with E-state index in [-0.39, 0.29) is 49.2 Å². The number of halogens is 2. The Morgan fingerprint density at radius 1 is 1.08 bits per heavy atom. The number of ether oxygens (including phenoxy) is 1. The van der Waals surface area contributed by atoms with Gasteiger partial charge in [0.25, 0.3) is 0 Å². The van der Waals surface area contributed by atoms with Gasteiger partial charge >= 0.3 is 0 Å². The van der Waals surface area contributed by atoms with Gasteiger partial charge in [-0.1, -0.05) is 48.5 Å². The van der Waals surface area contributed by atoms with Crippen LogP contribution in [0.1, 0.15) is 29.0 Å². The smallest absolute Gasteiger partial charge is 0.236 e. The summed E-state index contributed by atoms with van der Waals surface area (Å²) in [6.07, 6.45) is 0.850. The molecule has 1 amide bonds. The minimum absolute atomic E-state index is 0. The molecule has 4 rings (SSSR count). The quantitative estimate of drug-likeness (QED) is 0.472. The van der Waals surface area contributed by atoms with E-state index in [2.05, 4.69) is 29.6 Å². The number of nitrogens with two attached hydrogens (primary N) is 1. The fourth-order valence-corrected chi connectivity index (χ4v) is 4.66. The Bertz CT molecular complexity index is 1170. The van der Waals surface area contributed by atoms with E-state index in [0.717, 1.165) is 28.9 Å². The molecule has 8 heteroatoms. The normalized spacial score (nSPS) is 16.8. The van der Waals surface area contributed by atoms with Crippen LogP contribution in [-0.2, 0) is 11.3 Å². The Morgan fingerprint density at radius 2 is 1.78 bits per heavy atom. The molecule has 3 aromatic rings. The molecular weight excluding hydrogens is 495 g/mol. The van der Waals surface area contributed by atoms with E-state index < -0.39 is 0 Å². The summed E-state index contributed by atoms with van der Waals surface area (Å²) in [5, 5.41) is 12.8. The molecule has 0 unspecified atom stereocenters. The zero-order valence-electron chi connectivity index (χ0n) is 20.2. The predicted molar refractivity (Wildman–Crippen MR) is 148 cm³/mol. The largest absolute Gasteiger partial charge is 0.496 e. The summed E-state index contributed by atoms with van der Waals surface area (Å²) in [4.78, 5) is 14.1. The zero-order valence-corrected chi connectivity index (χ0v) is 21.9. The third-order valence-electron chi connectivity index (χ3n) is 6.55. The maximum atomic E-state index is 12.3. The minimum atomic E-state index is -0.00355. The number of benzene rings is 3. The van der Waals surface area contributed by atoms with Crippen LogP contribution in [0.4, 0.5) is 0 Å². The number of likely N-dealkylation sites (tertiary alicyclic amines) is 1. The van der Waals surface area contributed by atoms with Gasteiger partial charge in [0.15, 0.2) is 0 Å². The first-order valence-corrected chi connectivity index (χ1v) is 11.6. The molecule has 0 radical (unpaired) electrons. The lowest BCUT2D eigenvalue weighted by Gasteiger charge is -2.39. The van der Waals surface area contributed by atoms with Gasteiger partial charge in [0.05, 0.1) is 25.3 Å². The van der Waals surface area contributed by atoms with Crippen molar-refractivity contribution in [2.24, 2.45) is 5.73 Å². The van der Waals surface area contributed by atoms with Gasteiger partial charge in [-0.15, -0.1) is 24.8 Å². The van der Waals surface area contributed by atoms with E-state index in [9.17, 15) is 4.79 Å². The third kappa shape index (κ3) is 6.77. The van der Waals surface area contributed by atoms with Gasteiger partial charge < -0.3 is 20.7 Å². The Morgan fingerprint density at radius 3 is 2.42 bits per heavy atom. The van der Waals surface area contributed by atoms with Crippen LogP contribution >= 0.6 is 24.8 Å². The molecule has 190 valence electrons. The average Bonchev–Trinajstić information content (AvgIpc) is 2.91. The first-order chi connectivity index (χ1) is 16.6. The van der Waals surface area contributed by atoms with Crippen molar-refractivity contribution < 1.29 is 9.53 Å². The highest BCUT2D eigenvalue weighted by molar-refractivity contribution is 5.85. The molecule has 3 N–H and O–H groups in total. The molecule has 0 saturated carbocycles. The van der Waals surface area contributed by atoms with E-state index >= 15 is 0 Å². The van der Waals surface area contributed by atoms with Crippen molar-refractivity contribution >= 4 is 30.7 Å². The maximum Gasteiger partial charge on any atom is 0.236 e. The van der Waals surface area contributed by atoms with E-state index in [1.54, 1.807) is 7.11 Å². The molecular formula is C28H32Cl2N4O2. The van der Waals surface area contributed by atoms with Crippen LogP contribution in [0.5, 0.6) is 5.75 Å². The fraction of sp³-hybridized carbons (Fsp3) is 0.286. The first-order valence-electron chi connectivity index (χ1n) is 11.6. The van der Waals surface area contributed by atoms with Crippen molar-refractivity contribution in [3.05, 3.63) is 89.5 Å². The number of carbonyl (C=O) groups excluding carboxylic acids is 1. The predicted octanol–water partition coefficient (Wildman–Crippen LogP) is 4.51. The Hall–Kier alpha value is -3.08. The monoisotopic (exact) mass is 526 g/mol. The highest BCUT2D eigenvalue weighted by Crippen LogP contribution is 2.30. The van der Waals surface area contributed by atoms with Crippen LogP contribution in [0.2, 0.25) is 0 Å². The highest BCUT2D eigenvalue weighted by Gasteiger charge is 2.32. The van der Waals surface area contributed by atoms with Crippen molar-refractivity contribution in [3.8, 4) is 22.9 Å². The van der Waals surface area contributed by atoms with Gasteiger partial charge in [0.2, 0.25) is 5.91 Å². The van der Waals surface area contributed by atoms with Crippen LogP contribution in [0.25, 0.3) is 11.1 Å². The van der Waals surface area contributed by atoms with Gasteiger partial charge in [-0.2, -0.15) is 5.26 Å². The second-order valence-corrected chi connectivity index (χ2v) is 8.55. The summed E-state index contributed by atoms with van der Waals surface area (Å²) in [5.41, 5.74) is 10.7. The Kier molecular flexibility index (Phi) is 11.2. The molecule has 1 aliphatic heterocycles. The molecule has 1 aliphatic rings. The number of amides is 1. The van der Waals surface area contributed by atoms with Crippen LogP contribution in [0, 0.1) is 11.3 Å². The molecule has 1 heterocycles. The molecule has 0 spiro atoms. The van der Waals surface area contributed by atoms with E-state index in [1.807, 2.05) is 59.5 Å². The van der Waals surface area contributed by atoms with Gasteiger partial charge in [0, 0.05) is 37.2 Å². The lowest BCUT2D eigenvalue weighted by atomic mass is 9.85. The molecule has 2 atom stereocenters. The van der Waals surface area contributed by atoms with Crippen molar-refractivity contribution in [3.63, 3.8) is 0 Å². The van der Waals surface area contributed by atoms with Crippen LogP contribution in [0.15, 0.2) is 72.8 Å². The summed E-state index contributed by atoms with van der Waals surface area (Å²) in [6.45, 7) is 2.03. The number of hydrogen-bond donors (Lipinski definition) is 2. The number of nitrogens with one attached hydrogen (secondary N) is 1. The molecule has 1 saturated heterocycles. The average molecular weight is 527 g/mol. The number of nitrogens with zero attached hydrogens (tertiary/aromatic N) is 2. The van der Waals surface area contributed by atoms with Crippen LogP contribution in [0.3, 0.4) is 0 Å². The summed E-state index contributed by atoms with van der Waals surface area (Å²) in [6, 6.07) is 26.5. The number of carbonyl (C=O) groups is 1. The second-order valence-electron chi connectivity index (χ2n) is 8.55. The first kappa shape index (κ1) is 29.2. The summed E-state index contributed by atoms with van der Waals surface area (Å²) in [7, 11) is 1.68. The lowest BCUT2D eigenvalue weighted by Crippen LogP contribution is -2.51. The second kappa shape index (κ2) is 13.9. The topological polar surface area (TPSA) is 91.4 Å². The number of piperidine rings is 1. The van der Waals surface area contributed by atoms with Crippen molar-refractivity contribution in [1.82, 2.24) is 10.2 Å². The van der Waals surface area contributed by atoms with Gasteiger partial charge in [-0.05, 0) is 47.4 Å². The van der Waals surface area contributed by atoms with Gasteiger partial charge in [-0.3, -0.25) is 4.79 Å². The highest BCUT2D eigenvalue weighted by atomic mass is 35.5. The molecule has 0 bridgehead atoms. The van der Waals surface area contributed by atoms with E-state index in [4.69, 9.17) is 15.7 Å². The Balaban J connectivity index is 0.00000228. The van der Waals surface area contributed by atoms with Crippen molar-refractivity contribution in [2.75, 3.05) is 26.7 Å². The van der Waals surface area contributed by atoms with Gasteiger partial charge in [0.1, 0.15) is 5.75 Å². The number of methoxy groups -OCH3 is 1. The maximum absolute atomic E-state index is 12.3. The summed E-state index contributed by atoms with van der Waals surface area (Å²) < 4.78 is 5.64. The van der Waals surface area contributed by atoms with Gasteiger partial charge in [-0.25, -0.2) is 0 Å². The molecule has 36 heavy (non-hydrogen) atoms. The number of rotatable bonds is 7. The lowest BCUT2D eigenvalue weighted by molar-refractivity contribution is -0.131. The van der Waals surface area contributed by atoms with Crippen molar-refractivity contribution in [1.29, 1.82) is 5.26 Å². The Labute approximate surface area is 225 Å². The molecule has 0 aromatic heterocycles. The molecule has 0 aliphatic carbocycles. The standard InChI is InChI=1S/C28H30N4O2.2ClH/c1-34-27-12-11-23(21-9-7-20(16-29)8-10-21)15-24(27)18-31-26-13-14-32(28(33)17-30)19-25(26)22-5-3-2-4-6-22;;/h2-12,15,25-26,31H,13-14,17-19,30H2,1H3;2*1H/t25-,26-;;/m0../s1. The summed E-state index contributed by atoms with van der Waals surface area (Å²) >= 11 is 0. The zero-order chi connectivity index (χ0) is 23.9. The van der Waals surface area contributed by atoms with Crippen molar-refractivity contribution in [2.45, 2.75) is 24.9 Å². The fourth-order valence-electron chi connectivity index (χ4n) is 4.66. The van der Waals surface area contributed by atoms with Crippen LogP contribution in [-0.4, -0.2) is 43.6 Å². The third-order valence-corrected chi connectivity index (χ3v) is 6.55. The number of nitriles is 1. The minimum Gasteiger partial charge on any atom is -0.496 e.